The van der Waals surface area contributed by atoms with Gasteiger partial charge < -0.3 is 0 Å². The zero-order chi connectivity index (χ0) is 11.5. The van der Waals surface area contributed by atoms with Crippen LogP contribution in [0, 0.1) is 11.3 Å². The summed E-state index contributed by atoms with van der Waals surface area (Å²) in [5, 5.41) is 18.8. The number of aromatic nitrogens is 3. The Balaban J connectivity index is 2.52. The van der Waals surface area contributed by atoms with Gasteiger partial charge in [0.25, 0.3) is 0 Å². The van der Waals surface area contributed by atoms with Crippen molar-refractivity contribution in [3.8, 4) is 16.6 Å². The van der Waals surface area contributed by atoms with Gasteiger partial charge in [0.05, 0.1) is 11.4 Å². The van der Waals surface area contributed by atoms with E-state index in [4.69, 9.17) is 5.26 Å². The molecule has 0 radical (unpaired) electrons. The number of nitrogens with zero attached hydrogens (tertiary/aromatic N) is 4. The topological polar surface area (TPSA) is 54.5 Å². The molecule has 0 spiro atoms. The fraction of sp³-hybridized carbons (Fsp3) is 0.182. The van der Waals surface area contributed by atoms with Crippen LogP contribution in [0.3, 0.4) is 0 Å². The van der Waals surface area contributed by atoms with Gasteiger partial charge in [-0.25, -0.2) is 4.68 Å². The third-order valence-corrected chi connectivity index (χ3v) is 2.89. The Morgan fingerprint density at radius 3 is 3.06 bits per heavy atom. The summed E-state index contributed by atoms with van der Waals surface area (Å²) in [5.41, 5.74) is 2.12. The van der Waals surface area contributed by atoms with Gasteiger partial charge in [0.15, 0.2) is 5.69 Å². The molecule has 2 heterocycles. The first kappa shape index (κ1) is 10.6. The van der Waals surface area contributed by atoms with Crippen molar-refractivity contribution < 1.29 is 0 Å². The first-order valence-corrected chi connectivity index (χ1v) is 5.62. The van der Waals surface area contributed by atoms with E-state index in [-0.39, 0.29) is 0 Å². The fourth-order valence-corrected chi connectivity index (χ4v) is 2.19. The first-order valence-electron chi connectivity index (χ1n) is 4.74. The monoisotopic (exact) mass is 230 g/mol. The van der Waals surface area contributed by atoms with Gasteiger partial charge in [0.1, 0.15) is 11.8 Å². The molecule has 5 heteroatoms. The van der Waals surface area contributed by atoms with Gasteiger partial charge in [-0.1, -0.05) is 23.4 Å². The summed E-state index contributed by atoms with van der Waals surface area (Å²) in [6, 6.07) is 5.96. The molecule has 0 aliphatic rings. The molecule has 0 aromatic carbocycles. The van der Waals surface area contributed by atoms with Crippen molar-refractivity contribution in [3.63, 3.8) is 0 Å². The van der Waals surface area contributed by atoms with Crippen molar-refractivity contribution in [1.29, 1.82) is 5.26 Å². The molecule has 0 aliphatic heterocycles. The molecule has 0 N–H and O–H groups in total. The average Bonchev–Trinajstić information content (AvgIpc) is 2.84. The smallest absolute Gasteiger partial charge is 0.191 e. The zero-order valence-electron chi connectivity index (χ0n) is 8.84. The molecule has 80 valence electrons. The van der Waals surface area contributed by atoms with E-state index in [2.05, 4.69) is 23.0 Å². The normalized spacial score (nSPS) is 10.0. The van der Waals surface area contributed by atoms with Crippen LogP contribution >= 0.6 is 11.3 Å². The van der Waals surface area contributed by atoms with Gasteiger partial charge in [0.2, 0.25) is 0 Å². The molecule has 0 atom stereocenters. The van der Waals surface area contributed by atoms with Gasteiger partial charge in [-0.15, -0.1) is 16.4 Å². The molecule has 2 aromatic rings. The number of nitriles is 1. The van der Waals surface area contributed by atoms with Crippen LogP contribution in [0.4, 0.5) is 0 Å². The predicted molar refractivity (Wildman–Crippen MR) is 62.9 cm³/mol. The summed E-state index contributed by atoms with van der Waals surface area (Å²) < 4.78 is 1.72. The Labute approximate surface area is 97.5 Å². The van der Waals surface area contributed by atoms with E-state index in [1.807, 2.05) is 24.4 Å². The van der Waals surface area contributed by atoms with Crippen LogP contribution in [-0.4, -0.2) is 15.0 Å². The second-order valence-corrected chi connectivity index (χ2v) is 4.44. The summed E-state index contributed by atoms with van der Waals surface area (Å²) >= 11 is 1.57. The van der Waals surface area contributed by atoms with Crippen molar-refractivity contribution >= 4 is 11.3 Å². The lowest BCUT2D eigenvalue weighted by Gasteiger charge is -2.03. The Morgan fingerprint density at radius 2 is 2.50 bits per heavy atom. The van der Waals surface area contributed by atoms with Crippen LogP contribution in [0.15, 0.2) is 29.7 Å². The molecule has 0 saturated heterocycles. The average molecular weight is 230 g/mol. The summed E-state index contributed by atoms with van der Waals surface area (Å²) in [5.74, 6) is 0. The second kappa shape index (κ2) is 4.29. The van der Waals surface area contributed by atoms with Crippen molar-refractivity contribution in [2.75, 3.05) is 0 Å². The summed E-state index contributed by atoms with van der Waals surface area (Å²) in [6.07, 6.45) is 0. The van der Waals surface area contributed by atoms with E-state index in [9.17, 15) is 0 Å². The number of hydrogen-bond acceptors (Lipinski definition) is 4. The van der Waals surface area contributed by atoms with Gasteiger partial charge in [-0.3, -0.25) is 0 Å². The van der Waals surface area contributed by atoms with Crippen LogP contribution in [0.5, 0.6) is 0 Å². The Morgan fingerprint density at radius 1 is 1.69 bits per heavy atom. The fourth-order valence-electron chi connectivity index (χ4n) is 1.41. The minimum atomic E-state index is 0.365. The highest BCUT2D eigenvalue weighted by Crippen LogP contribution is 2.26. The van der Waals surface area contributed by atoms with Gasteiger partial charge in [-0.05, 0) is 18.4 Å². The molecular weight excluding hydrogens is 220 g/mol. The maximum absolute atomic E-state index is 8.98. The van der Waals surface area contributed by atoms with Crippen LogP contribution < -0.4 is 0 Å². The molecular formula is C11H10N4S. The highest BCUT2D eigenvalue weighted by molar-refractivity contribution is 7.13. The van der Waals surface area contributed by atoms with E-state index >= 15 is 0 Å². The quantitative estimate of drug-likeness (QED) is 0.761. The molecule has 0 aliphatic carbocycles. The van der Waals surface area contributed by atoms with Crippen LogP contribution in [0.1, 0.15) is 12.6 Å². The highest BCUT2D eigenvalue weighted by Gasteiger charge is 2.15. The number of allylic oxidation sites excluding steroid dienone is 1. The summed E-state index contributed by atoms with van der Waals surface area (Å²) in [6.45, 7) is 6.35. The summed E-state index contributed by atoms with van der Waals surface area (Å²) in [7, 11) is 0. The lowest BCUT2D eigenvalue weighted by molar-refractivity contribution is 0.649. The minimum absolute atomic E-state index is 0.365. The summed E-state index contributed by atoms with van der Waals surface area (Å²) in [4.78, 5) is 1.00. The second-order valence-electron chi connectivity index (χ2n) is 3.49. The van der Waals surface area contributed by atoms with Gasteiger partial charge in [0, 0.05) is 0 Å². The standard InChI is InChI=1S/C11H10N4S/c1-8(2)7-15-11(9(6-12)13-14-15)10-4-3-5-16-10/h3-5H,1,7H2,2H3. The largest absolute Gasteiger partial charge is 0.238 e. The Hall–Kier alpha value is -1.93. The number of thiophene rings is 1. The molecule has 16 heavy (non-hydrogen) atoms. The molecule has 2 rings (SSSR count). The number of rotatable bonds is 3. The molecule has 0 amide bonds. The van der Waals surface area contributed by atoms with Crippen LogP contribution in [0.2, 0.25) is 0 Å². The molecule has 0 unspecified atom stereocenters. The van der Waals surface area contributed by atoms with Gasteiger partial charge >= 0.3 is 0 Å². The van der Waals surface area contributed by atoms with Crippen molar-refractivity contribution in [2.45, 2.75) is 13.5 Å². The van der Waals surface area contributed by atoms with Crippen molar-refractivity contribution in [2.24, 2.45) is 0 Å². The van der Waals surface area contributed by atoms with Crippen LogP contribution in [-0.2, 0) is 6.54 Å². The van der Waals surface area contributed by atoms with Crippen molar-refractivity contribution in [3.05, 3.63) is 35.4 Å². The maximum Gasteiger partial charge on any atom is 0.191 e. The first-order chi connectivity index (χ1) is 7.72. The highest BCUT2D eigenvalue weighted by atomic mass is 32.1. The van der Waals surface area contributed by atoms with E-state index in [0.29, 0.717) is 12.2 Å². The maximum atomic E-state index is 8.98. The molecule has 0 bridgehead atoms. The lowest BCUT2D eigenvalue weighted by Crippen LogP contribution is -2.02. The molecule has 0 saturated carbocycles. The number of hydrogen-bond donors (Lipinski definition) is 0. The lowest BCUT2D eigenvalue weighted by atomic mass is 10.2. The van der Waals surface area contributed by atoms with Crippen LogP contribution in [0.25, 0.3) is 10.6 Å². The molecule has 0 fully saturated rings. The zero-order valence-corrected chi connectivity index (χ0v) is 9.66. The third kappa shape index (κ3) is 1.88. The molecule has 2 aromatic heterocycles. The van der Waals surface area contributed by atoms with E-state index in [0.717, 1.165) is 16.1 Å². The van der Waals surface area contributed by atoms with Crippen molar-refractivity contribution in [1.82, 2.24) is 15.0 Å². The van der Waals surface area contributed by atoms with E-state index in [1.54, 1.807) is 16.0 Å². The van der Waals surface area contributed by atoms with E-state index in [1.165, 1.54) is 0 Å². The third-order valence-electron chi connectivity index (χ3n) is 2.02. The predicted octanol–water partition coefficient (Wildman–Crippen LogP) is 2.45. The SMILES string of the molecule is C=C(C)Cn1nnc(C#N)c1-c1cccs1. The van der Waals surface area contributed by atoms with E-state index < -0.39 is 0 Å². The Bertz CT molecular complexity index is 545. The Kier molecular flexibility index (Phi) is 2.84. The molecule has 4 nitrogen and oxygen atoms in total. The minimum Gasteiger partial charge on any atom is -0.238 e. The van der Waals surface area contributed by atoms with Gasteiger partial charge in [-0.2, -0.15) is 5.26 Å².